The van der Waals surface area contributed by atoms with Gasteiger partial charge in [-0.1, -0.05) is 0 Å². The van der Waals surface area contributed by atoms with Gasteiger partial charge in [-0.15, -0.1) is 0 Å². The van der Waals surface area contributed by atoms with Gasteiger partial charge in [0.25, 0.3) is 0 Å². The number of likely N-dealkylation sites (tertiary alicyclic amines) is 2. The van der Waals surface area contributed by atoms with Crippen LogP contribution in [0.2, 0.25) is 0 Å². The average Bonchev–Trinajstić information content (AvgIpc) is 3.40. The van der Waals surface area contributed by atoms with Gasteiger partial charge in [0.1, 0.15) is 11.6 Å². The average molecular weight is 377 g/mol. The molecule has 5 nitrogen and oxygen atoms in total. The van der Waals surface area contributed by atoms with Gasteiger partial charge in [0, 0.05) is 44.1 Å². The molecule has 2 N–H and O–H groups in total. The van der Waals surface area contributed by atoms with Gasteiger partial charge in [0.2, 0.25) is 11.8 Å². The second-order valence-corrected chi connectivity index (χ2v) is 8.39. The topological polar surface area (TPSA) is 66.6 Å². The van der Waals surface area contributed by atoms with Crippen LogP contribution in [-0.2, 0) is 16.1 Å². The Morgan fingerprint density at radius 3 is 2.41 bits per heavy atom. The lowest BCUT2D eigenvalue weighted by Crippen LogP contribution is -2.50. The fraction of sp³-hybridized carbons (Fsp3) is 0.600. The Morgan fingerprint density at radius 2 is 1.81 bits per heavy atom. The number of benzene rings is 1. The van der Waals surface area contributed by atoms with Gasteiger partial charge >= 0.3 is 0 Å². The van der Waals surface area contributed by atoms with Gasteiger partial charge in [0.05, 0.1) is 6.04 Å². The first-order chi connectivity index (χ1) is 12.8. The van der Waals surface area contributed by atoms with Crippen LogP contribution in [0.15, 0.2) is 18.2 Å². The summed E-state index contributed by atoms with van der Waals surface area (Å²) >= 11 is 0. The quantitative estimate of drug-likeness (QED) is 0.873. The third-order valence-corrected chi connectivity index (χ3v) is 6.25. The van der Waals surface area contributed by atoms with E-state index in [4.69, 9.17) is 5.73 Å². The Labute approximate surface area is 157 Å². The molecule has 7 heteroatoms. The maximum Gasteiger partial charge on any atom is 0.239 e. The fourth-order valence-electron chi connectivity index (χ4n) is 4.45. The molecule has 1 aromatic rings. The van der Waals surface area contributed by atoms with E-state index in [1.165, 1.54) is 12.1 Å². The minimum atomic E-state index is -0.634. The number of nitrogens with two attached hydrogens (primary N) is 1. The lowest BCUT2D eigenvalue weighted by atomic mass is 9.77. The van der Waals surface area contributed by atoms with E-state index >= 15 is 0 Å². The summed E-state index contributed by atoms with van der Waals surface area (Å²) in [5.41, 5.74) is 6.35. The number of nitrogens with zero attached hydrogens (tertiary/aromatic N) is 2. The van der Waals surface area contributed by atoms with Crippen LogP contribution in [0.25, 0.3) is 0 Å². The number of halogens is 2. The summed E-state index contributed by atoms with van der Waals surface area (Å²) in [5.74, 6) is -0.892. The van der Waals surface area contributed by atoms with E-state index in [0.717, 1.165) is 31.7 Å². The third kappa shape index (κ3) is 3.83. The molecule has 0 unspecified atom stereocenters. The standard InChI is InChI=1S/C20H25F2N3O2/c21-15-7-13(8-16(22)9-15)11-25-12-20(10-17(25)26)3-5-24(6-4-20)19(27)18(23)14-1-2-14/h7-9,14,18H,1-6,10-12,23H2/t18-/m0/s1. The number of carbonyl (C=O) groups excluding carboxylic acids is 2. The smallest absolute Gasteiger partial charge is 0.239 e. The highest BCUT2D eigenvalue weighted by Gasteiger charge is 2.46. The highest BCUT2D eigenvalue weighted by molar-refractivity contribution is 5.83. The van der Waals surface area contributed by atoms with Crippen molar-refractivity contribution in [2.75, 3.05) is 19.6 Å². The Morgan fingerprint density at radius 1 is 1.19 bits per heavy atom. The predicted octanol–water partition coefficient (Wildman–Crippen LogP) is 2.04. The second-order valence-electron chi connectivity index (χ2n) is 8.39. The third-order valence-electron chi connectivity index (χ3n) is 6.25. The molecule has 1 spiro atoms. The van der Waals surface area contributed by atoms with E-state index in [0.29, 0.717) is 37.5 Å². The van der Waals surface area contributed by atoms with Crippen molar-refractivity contribution in [3.05, 3.63) is 35.4 Å². The van der Waals surface area contributed by atoms with E-state index in [2.05, 4.69) is 0 Å². The predicted molar refractivity (Wildman–Crippen MR) is 95.3 cm³/mol. The Bertz CT molecular complexity index is 737. The van der Waals surface area contributed by atoms with Crippen LogP contribution in [0.4, 0.5) is 8.78 Å². The van der Waals surface area contributed by atoms with Crippen molar-refractivity contribution in [2.45, 2.75) is 44.7 Å². The zero-order chi connectivity index (χ0) is 19.2. The normalized spacial score (nSPS) is 23.1. The van der Waals surface area contributed by atoms with Crippen molar-refractivity contribution in [2.24, 2.45) is 17.1 Å². The molecule has 0 radical (unpaired) electrons. The van der Waals surface area contributed by atoms with Crippen LogP contribution in [0.3, 0.4) is 0 Å². The minimum Gasteiger partial charge on any atom is -0.341 e. The fourth-order valence-corrected chi connectivity index (χ4v) is 4.45. The van der Waals surface area contributed by atoms with Gasteiger partial charge < -0.3 is 15.5 Å². The van der Waals surface area contributed by atoms with Crippen molar-refractivity contribution >= 4 is 11.8 Å². The number of carbonyl (C=O) groups is 2. The lowest BCUT2D eigenvalue weighted by molar-refractivity contribution is -0.135. The minimum absolute atomic E-state index is 0.00845. The Balaban J connectivity index is 1.36. The van der Waals surface area contributed by atoms with E-state index < -0.39 is 11.6 Å². The first-order valence-electron chi connectivity index (χ1n) is 9.62. The molecule has 146 valence electrons. The van der Waals surface area contributed by atoms with Crippen molar-refractivity contribution in [1.29, 1.82) is 0 Å². The maximum absolute atomic E-state index is 13.4. The van der Waals surface area contributed by atoms with Crippen LogP contribution in [0, 0.1) is 23.0 Å². The molecule has 3 fully saturated rings. The molecule has 1 aromatic carbocycles. The van der Waals surface area contributed by atoms with E-state index in [9.17, 15) is 18.4 Å². The molecule has 2 aliphatic heterocycles. The molecular formula is C20H25F2N3O2. The van der Waals surface area contributed by atoms with E-state index in [1.807, 2.05) is 4.90 Å². The lowest BCUT2D eigenvalue weighted by Gasteiger charge is -2.39. The zero-order valence-corrected chi connectivity index (χ0v) is 15.3. The highest BCUT2D eigenvalue weighted by Crippen LogP contribution is 2.42. The van der Waals surface area contributed by atoms with Crippen LogP contribution in [0.1, 0.15) is 37.7 Å². The zero-order valence-electron chi connectivity index (χ0n) is 15.3. The number of hydrogen-bond acceptors (Lipinski definition) is 3. The van der Waals surface area contributed by atoms with Crippen LogP contribution in [0.5, 0.6) is 0 Å². The number of hydrogen-bond donors (Lipinski definition) is 1. The number of piperidine rings is 1. The number of amides is 2. The largest absolute Gasteiger partial charge is 0.341 e. The van der Waals surface area contributed by atoms with E-state index in [1.54, 1.807) is 4.90 Å². The molecule has 0 bridgehead atoms. The Hall–Kier alpha value is -2.02. The van der Waals surface area contributed by atoms with E-state index in [-0.39, 0.29) is 29.8 Å². The Kier molecular flexibility index (Phi) is 4.66. The summed E-state index contributed by atoms with van der Waals surface area (Å²) in [5, 5.41) is 0. The molecule has 2 saturated heterocycles. The maximum atomic E-state index is 13.4. The molecule has 2 heterocycles. The molecule has 1 aliphatic carbocycles. The van der Waals surface area contributed by atoms with Gasteiger partial charge in [-0.05, 0) is 49.3 Å². The van der Waals surface area contributed by atoms with Crippen LogP contribution >= 0.6 is 0 Å². The first-order valence-corrected chi connectivity index (χ1v) is 9.62. The van der Waals surface area contributed by atoms with Gasteiger partial charge in [-0.3, -0.25) is 9.59 Å². The summed E-state index contributed by atoms with van der Waals surface area (Å²) < 4.78 is 26.8. The molecule has 4 rings (SSSR count). The first kappa shape index (κ1) is 18.3. The summed E-state index contributed by atoms with van der Waals surface area (Å²) in [6.45, 7) is 2.02. The SMILES string of the molecule is N[C@H](C(=O)N1CCC2(CC1)CC(=O)N(Cc1cc(F)cc(F)c1)C2)C1CC1. The van der Waals surface area contributed by atoms with Gasteiger partial charge in [-0.2, -0.15) is 0 Å². The molecular weight excluding hydrogens is 352 g/mol. The molecule has 3 aliphatic rings. The molecule has 27 heavy (non-hydrogen) atoms. The monoisotopic (exact) mass is 377 g/mol. The molecule has 1 saturated carbocycles. The number of rotatable bonds is 4. The van der Waals surface area contributed by atoms with Crippen LogP contribution in [-0.4, -0.2) is 47.3 Å². The van der Waals surface area contributed by atoms with Gasteiger partial charge in [-0.25, -0.2) is 8.78 Å². The van der Waals surface area contributed by atoms with Crippen molar-refractivity contribution in [3.63, 3.8) is 0 Å². The van der Waals surface area contributed by atoms with Crippen molar-refractivity contribution in [1.82, 2.24) is 9.80 Å². The van der Waals surface area contributed by atoms with Crippen LogP contribution < -0.4 is 5.73 Å². The van der Waals surface area contributed by atoms with Crippen molar-refractivity contribution < 1.29 is 18.4 Å². The summed E-state index contributed by atoms with van der Waals surface area (Å²) in [6.07, 6.45) is 4.02. The summed E-state index contributed by atoms with van der Waals surface area (Å²) in [6, 6.07) is 2.98. The second kappa shape index (κ2) is 6.86. The summed E-state index contributed by atoms with van der Waals surface area (Å²) in [4.78, 5) is 28.5. The van der Waals surface area contributed by atoms with Gasteiger partial charge in [0.15, 0.2) is 0 Å². The van der Waals surface area contributed by atoms with Crippen molar-refractivity contribution in [3.8, 4) is 0 Å². The highest BCUT2D eigenvalue weighted by atomic mass is 19.1. The molecule has 1 atom stereocenters. The molecule has 2 amide bonds. The molecule has 0 aromatic heterocycles. The summed E-state index contributed by atoms with van der Waals surface area (Å²) in [7, 11) is 0.